The third-order valence-electron chi connectivity index (χ3n) is 2.51. The van der Waals surface area contributed by atoms with Crippen LogP contribution in [0.5, 0.6) is 0 Å². The molecular weight excluding hydrogens is 226 g/mol. The van der Waals surface area contributed by atoms with Crippen molar-refractivity contribution in [3.8, 4) is 0 Å². The van der Waals surface area contributed by atoms with E-state index in [0.29, 0.717) is 0 Å². The van der Waals surface area contributed by atoms with E-state index in [0.717, 1.165) is 58.1 Å². The van der Waals surface area contributed by atoms with Gasteiger partial charge in [0.05, 0.1) is 0 Å². The lowest BCUT2D eigenvalue weighted by molar-refractivity contribution is 0.146. The largest absolute Gasteiger partial charge is 0.382 e. The Morgan fingerprint density at radius 1 is 1.39 bits per heavy atom. The highest BCUT2D eigenvalue weighted by Crippen LogP contribution is 1.95. The fourth-order valence-electron chi connectivity index (χ4n) is 1.54. The first-order chi connectivity index (χ1) is 8.76. The summed E-state index contributed by atoms with van der Waals surface area (Å²) in [4.78, 5) is 6.76. The maximum atomic E-state index is 5.30. The second kappa shape index (κ2) is 12.4. The predicted octanol–water partition coefficient (Wildman–Crippen LogP) is 2.28. The van der Waals surface area contributed by atoms with Crippen LogP contribution in [0.2, 0.25) is 0 Å². The van der Waals surface area contributed by atoms with Crippen LogP contribution >= 0.6 is 0 Å². The lowest BCUT2D eigenvalue weighted by atomic mass is 10.3. The molecule has 4 heteroatoms. The van der Waals surface area contributed by atoms with E-state index in [1.807, 2.05) is 13.0 Å². The molecule has 0 amide bonds. The Morgan fingerprint density at radius 3 is 2.78 bits per heavy atom. The zero-order chi connectivity index (χ0) is 13.6. The topological polar surface area (TPSA) is 36.9 Å². The number of nitrogens with one attached hydrogen (secondary N) is 1. The van der Waals surface area contributed by atoms with E-state index in [1.165, 1.54) is 0 Å². The number of hydrogen-bond acceptors (Lipinski definition) is 2. The summed E-state index contributed by atoms with van der Waals surface area (Å²) in [7, 11) is 2.08. The Balaban J connectivity index is 4.00. The smallest absolute Gasteiger partial charge is 0.193 e. The van der Waals surface area contributed by atoms with E-state index in [9.17, 15) is 0 Å². The number of rotatable bonds is 10. The molecule has 18 heavy (non-hydrogen) atoms. The van der Waals surface area contributed by atoms with Gasteiger partial charge in [0.1, 0.15) is 0 Å². The predicted molar refractivity (Wildman–Crippen MR) is 79.1 cm³/mol. The Hall–Kier alpha value is -1.03. The average Bonchev–Trinajstić information content (AvgIpc) is 2.37. The molecule has 0 aliphatic heterocycles. The second-order valence-electron chi connectivity index (χ2n) is 4.14. The monoisotopic (exact) mass is 255 g/mol. The van der Waals surface area contributed by atoms with Crippen LogP contribution in [0.1, 0.15) is 33.1 Å². The molecule has 0 saturated carbocycles. The van der Waals surface area contributed by atoms with Gasteiger partial charge in [0, 0.05) is 39.9 Å². The van der Waals surface area contributed by atoms with E-state index in [1.54, 1.807) is 0 Å². The van der Waals surface area contributed by atoms with Crippen molar-refractivity contribution in [2.45, 2.75) is 33.1 Å². The van der Waals surface area contributed by atoms with Crippen LogP contribution < -0.4 is 5.32 Å². The van der Waals surface area contributed by atoms with Crippen molar-refractivity contribution in [3.05, 3.63) is 12.7 Å². The molecule has 0 spiro atoms. The number of hydrogen-bond donors (Lipinski definition) is 1. The SMILES string of the molecule is C=CCCCN(C)C(=NCCCOCC)NCC. The van der Waals surface area contributed by atoms with Crippen molar-refractivity contribution in [3.63, 3.8) is 0 Å². The molecule has 0 unspecified atom stereocenters. The van der Waals surface area contributed by atoms with Crippen LogP contribution in [0.15, 0.2) is 17.6 Å². The molecule has 0 saturated heterocycles. The molecule has 0 aliphatic rings. The Bertz CT molecular complexity index is 229. The van der Waals surface area contributed by atoms with Gasteiger partial charge >= 0.3 is 0 Å². The van der Waals surface area contributed by atoms with Crippen LogP contribution in [0.25, 0.3) is 0 Å². The number of nitrogens with zero attached hydrogens (tertiary/aromatic N) is 2. The highest BCUT2D eigenvalue weighted by Gasteiger charge is 2.03. The summed E-state index contributed by atoms with van der Waals surface area (Å²) in [6.07, 6.45) is 5.10. The average molecular weight is 255 g/mol. The summed E-state index contributed by atoms with van der Waals surface area (Å²) < 4.78 is 5.30. The number of unbranched alkanes of at least 4 members (excludes halogenated alkanes) is 1. The van der Waals surface area contributed by atoms with Crippen LogP contribution in [-0.2, 0) is 4.74 Å². The summed E-state index contributed by atoms with van der Waals surface area (Å²) in [6.45, 7) is 12.1. The maximum absolute atomic E-state index is 5.30. The second-order valence-corrected chi connectivity index (χ2v) is 4.14. The van der Waals surface area contributed by atoms with E-state index < -0.39 is 0 Å². The molecular formula is C14H29N3O. The fraction of sp³-hybridized carbons (Fsp3) is 0.786. The van der Waals surface area contributed by atoms with Gasteiger partial charge in [-0.15, -0.1) is 6.58 Å². The minimum atomic E-state index is 0.783. The molecule has 0 fully saturated rings. The van der Waals surface area contributed by atoms with E-state index in [-0.39, 0.29) is 0 Å². The lowest BCUT2D eigenvalue weighted by Crippen LogP contribution is -2.39. The number of guanidine groups is 1. The van der Waals surface area contributed by atoms with Gasteiger partial charge in [-0.25, -0.2) is 0 Å². The highest BCUT2D eigenvalue weighted by atomic mass is 16.5. The third-order valence-corrected chi connectivity index (χ3v) is 2.51. The summed E-state index contributed by atoms with van der Waals surface area (Å²) >= 11 is 0. The summed E-state index contributed by atoms with van der Waals surface area (Å²) in [5, 5.41) is 3.31. The van der Waals surface area contributed by atoms with Gasteiger partial charge in [0.15, 0.2) is 5.96 Å². The molecule has 0 aliphatic carbocycles. The molecule has 106 valence electrons. The first-order valence-electron chi connectivity index (χ1n) is 6.94. The van der Waals surface area contributed by atoms with Gasteiger partial charge in [-0.05, 0) is 33.1 Å². The van der Waals surface area contributed by atoms with Crippen LogP contribution in [0.4, 0.5) is 0 Å². The van der Waals surface area contributed by atoms with E-state index >= 15 is 0 Å². The maximum Gasteiger partial charge on any atom is 0.193 e. The quantitative estimate of drug-likeness (QED) is 0.282. The molecule has 0 aromatic carbocycles. The van der Waals surface area contributed by atoms with Crippen molar-refractivity contribution in [2.24, 2.45) is 4.99 Å². The molecule has 0 rings (SSSR count). The summed E-state index contributed by atoms with van der Waals surface area (Å²) in [6, 6.07) is 0. The first-order valence-corrected chi connectivity index (χ1v) is 6.94. The molecule has 0 bridgehead atoms. The van der Waals surface area contributed by atoms with Crippen molar-refractivity contribution in [2.75, 3.05) is 39.9 Å². The van der Waals surface area contributed by atoms with E-state index in [4.69, 9.17) is 4.74 Å². The fourth-order valence-corrected chi connectivity index (χ4v) is 1.54. The molecule has 0 heterocycles. The molecule has 1 N–H and O–H groups in total. The molecule has 4 nitrogen and oxygen atoms in total. The Morgan fingerprint density at radius 2 is 2.17 bits per heavy atom. The number of aliphatic imine (C=N–C) groups is 1. The van der Waals surface area contributed by atoms with E-state index in [2.05, 4.69) is 35.8 Å². The molecule has 0 atom stereocenters. The Kier molecular flexibility index (Phi) is 11.7. The molecule has 0 radical (unpaired) electrons. The summed E-state index contributed by atoms with van der Waals surface area (Å²) in [5.74, 6) is 0.984. The Labute approximate surface area is 112 Å². The van der Waals surface area contributed by atoms with Gasteiger partial charge < -0.3 is 15.0 Å². The zero-order valence-electron chi connectivity index (χ0n) is 12.2. The van der Waals surface area contributed by atoms with Gasteiger partial charge in [-0.1, -0.05) is 6.08 Å². The summed E-state index contributed by atoms with van der Waals surface area (Å²) in [5.41, 5.74) is 0. The third kappa shape index (κ3) is 9.05. The lowest BCUT2D eigenvalue weighted by Gasteiger charge is -2.21. The van der Waals surface area contributed by atoms with Crippen molar-refractivity contribution >= 4 is 5.96 Å². The van der Waals surface area contributed by atoms with Crippen molar-refractivity contribution in [1.29, 1.82) is 0 Å². The number of allylic oxidation sites excluding steroid dienone is 1. The van der Waals surface area contributed by atoms with Gasteiger partial charge in [0.25, 0.3) is 0 Å². The van der Waals surface area contributed by atoms with Crippen molar-refractivity contribution < 1.29 is 4.74 Å². The van der Waals surface area contributed by atoms with Crippen molar-refractivity contribution in [1.82, 2.24) is 10.2 Å². The molecule has 0 aromatic rings. The van der Waals surface area contributed by atoms with Crippen LogP contribution in [0, 0.1) is 0 Å². The zero-order valence-corrected chi connectivity index (χ0v) is 12.2. The number of ether oxygens (including phenoxy) is 1. The first kappa shape index (κ1) is 17.0. The van der Waals surface area contributed by atoms with Gasteiger partial charge in [-0.2, -0.15) is 0 Å². The van der Waals surface area contributed by atoms with Crippen LogP contribution in [-0.4, -0.2) is 50.8 Å². The highest BCUT2D eigenvalue weighted by molar-refractivity contribution is 5.79. The van der Waals surface area contributed by atoms with Crippen LogP contribution in [0.3, 0.4) is 0 Å². The van der Waals surface area contributed by atoms with Gasteiger partial charge in [0.2, 0.25) is 0 Å². The normalized spacial score (nSPS) is 11.4. The molecule has 0 aromatic heterocycles. The minimum absolute atomic E-state index is 0.783. The standard InChI is InChI=1S/C14H29N3O/c1-5-8-9-12-17(4)14(15-6-2)16-11-10-13-18-7-3/h5H,1,6-13H2,2-4H3,(H,15,16). The van der Waals surface area contributed by atoms with Gasteiger partial charge in [-0.3, -0.25) is 4.99 Å². The minimum Gasteiger partial charge on any atom is -0.382 e.